The number of hydrogen-bond acceptors (Lipinski definition) is 4. The van der Waals surface area contributed by atoms with Crippen LogP contribution in [0.3, 0.4) is 0 Å². The minimum Gasteiger partial charge on any atom is -0.496 e. The lowest BCUT2D eigenvalue weighted by Gasteiger charge is -2.28. The molecule has 3 aromatic rings. The van der Waals surface area contributed by atoms with E-state index in [9.17, 15) is 5.11 Å². The van der Waals surface area contributed by atoms with Gasteiger partial charge in [0.2, 0.25) is 0 Å². The van der Waals surface area contributed by atoms with E-state index in [0.717, 1.165) is 16.3 Å². The molecule has 0 heterocycles. The number of benzene rings is 3. The molecule has 1 N–H and O–H groups in total. The summed E-state index contributed by atoms with van der Waals surface area (Å²) in [4.78, 5) is 0. The lowest BCUT2D eigenvalue weighted by Crippen LogP contribution is -2.24. The quantitative estimate of drug-likeness (QED) is 0.436. The van der Waals surface area contributed by atoms with E-state index in [1.54, 1.807) is 26.4 Å². The van der Waals surface area contributed by atoms with Gasteiger partial charge in [-0.05, 0) is 48.2 Å². The van der Waals surface area contributed by atoms with Gasteiger partial charge >= 0.3 is 0 Å². The Morgan fingerprint density at radius 3 is 2.10 bits per heavy atom. The van der Waals surface area contributed by atoms with E-state index >= 15 is 0 Å². The molecular weight excluding hydrogens is 376 g/mol. The van der Waals surface area contributed by atoms with Gasteiger partial charge in [0.15, 0.2) is 0 Å². The summed E-state index contributed by atoms with van der Waals surface area (Å²) in [7, 11) is 3.25. The molecule has 0 aromatic heterocycles. The van der Waals surface area contributed by atoms with Gasteiger partial charge in [0.25, 0.3) is 0 Å². The number of aliphatic hydroxyl groups is 1. The van der Waals surface area contributed by atoms with Gasteiger partial charge in [-0.3, -0.25) is 0 Å². The monoisotopic (exact) mass is 404 g/mol. The first-order valence-corrected chi connectivity index (χ1v) is 9.86. The Morgan fingerprint density at radius 2 is 1.50 bits per heavy atom. The lowest BCUT2D eigenvalue weighted by molar-refractivity contribution is 0.0428. The number of ether oxygens (including phenoxy) is 3. The van der Waals surface area contributed by atoms with E-state index in [0.29, 0.717) is 42.3 Å². The number of hydrogen-bond donors (Lipinski definition) is 1. The minimum atomic E-state index is -1.14. The first-order valence-electron chi connectivity index (χ1n) is 9.86. The normalized spacial score (nSPS) is 11.2. The standard InChI is InChI=1S/C26H28O4/c1-5-14-26(27,15-6-2)20-16-21-22(28-3)12-13-23(29-4)25(21)24(17-20)30-18-19-10-8-7-9-11-19/h5-13,16-17,27H,1-2,14-15,18H2,3-4H3. The molecular formula is C26H28O4. The van der Waals surface area contributed by atoms with Crippen molar-refractivity contribution in [2.45, 2.75) is 25.0 Å². The zero-order chi connectivity index (χ0) is 21.6. The summed E-state index contributed by atoms with van der Waals surface area (Å²) < 4.78 is 17.5. The Morgan fingerprint density at radius 1 is 0.867 bits per heavy atom. The van der Waals surface area contributed by atoms with Crippen LogP contribution < -0.4 is 14.2 Å². The summed E-state index contributed by atoms with van der Waals surface area (Å²) in [5.74, 6) is 1.97. The fourth-order valence-corrected chi connectivity index (χ4v) is 3.65. The molecule has 0 saturated carbocycles. The van der Waals surface area contributed by atoms with Crippen molar-refractivity contribution in [2.24, 2.45) is 0 Å². The van der Waals surface area contributed by atoms with E-state index in [2.05, 4.69) is 13.2 Å². The zero-order valence-corrected chi connectivity index (χ0v) is 17.6. The van der Waals surface area contributed by atoms with Crippen LogP contribution in [-0.2, 0) is 12.2 Å². The van der Waals surface area contributed by atoms with Crippen molar-refractivity contribution in [2.75, 3.05) is 14.2 Å². The molecule has 0 radical (unpaired) electrons. The van der Waals surface area contributed by atoms with Crippen LogP contribution in [0.2, 0.25) is 0 Å². The maximum atomic E-state index is 11.4. The van der Waals surface area contributed by atoms with Gasteiger partial charge in [-0.25, -0.2) is 0 Å². The molecule has 0 unspecified atom stereocenters. The first-order chi connectivity index (χ1) is 14.6. The van der Waals surface area contributed by atoms with Crippen LogP contribution in [0.4, 0.5) is 0 Å². The zero-order valence-electron chi connectivity index (χ0n) is 17.6. The average molecular weight is 405 g/mol. The highest BCUT2D eigenvalue weighted by Gasteiger charge is 2.29. The second-order valence-corrected chi connectivity index (χ2v) is 7.16. The SMILES string of the molecule is C=CCC(O)(CC=C)c1cc(OCc2ccccc2)c2c(OC)ccc(OC)c2c1. The van der Waals surface area contributed by atoms with Crippen LogP contribution >= 0.6 is 0 Å². The Balaban J connectivity index is 2.21. The molecule has 4 nitrogen and oxygen atoms in total. The molecule has 3 rings (SSSR count). The van der Waals surface area contributed by atoms with Crippen molar-refractivity contribution in [3.63, 3.8) is 0 Å². The Kier molecular flexibility index (Phi) is 6.80. The van der Waals surface area contributed by atoms with E-state index in [-0.39, 0.29) is 0 Å². The molecule has 0 spiro atoms. The van der Waals surface area contributed by atoms with Crippen molar-refractivity contribution in [3.8, 4) is 17.2 Å². The second-order valence-electron chi connectivity index (χ2n) is 7.16. The van der Waals surface area contributed by atoms with Gasteiger partial charge in [-0.15, -0.1) is 13.2 Å². The highest BCUT2D eigenvalue weighted by Crippen LogP contribution is 2.43. The molecule has 0 saturated heterocycles. The van der Waals surface area contributed by atoms with Gasteiger partial charge in [0, 0.05) is 5.39 Å². The van der Waals surface area contributed by atoms with E-state index < -0.39 is 5.60 Å². The second kappa shape index (κ2) is 9.51. The number of fused-ring (bicyclic) bond motifs is 1. The highest BCUT2D eigenvalue weighted by atomic mass is 16.5. The third-order valence-electron chi connectivity index (χ3n) is 5.18. The van der Waals surface area contributed by atoms with Crippen molar-refractivity contribution in [1.82, 2.24) is 0 Å². The van der Waals surface area contributed by atoms with E-state index in [1.165, 1.54) is 0 Å². The first kappa shape index (κ1) is 21.5. The molecule has 0 aliphatic heterocycles. The van der Waals surface area contributed by atoms with Crippen molar-refractivity contribution >= 4 is 10.8 Å². The van der Waals surface area contributed by atoms with Crippen LogP contribution in [0.25, 0.3) is 10.8 Å². The van der Waals surface area contributed by atoms with Crippen molar-refractivity contribution in [1.29, 1.82) is 0 Å². The molecule has 3 aromatic carbocycles. The van der Waals surface area contributed by atoms with E-state index in [4.69, 9.17) is 14.2 Å². The molecule has 0 aliphatic carbocycles. The van der Waals surface area contributed by atoms with Gasteiger partial charge < -0.3 is 19.3 Å². The molecule has 0 amide bonds. The maximum Gasteiger partial charge on any atom is 0.131 e. The molecule has 0 atom stereocenters. The van der Waals surface area contributed by atoms with Crippen LogP contribution in [0.1, 0.15) is 24.0 Å². The third-order valence-corrected chi connectivity index (χ3v) is 5.18. The van der Waals surface area contributed by atoms with Crippen LogP contribution in [0.5, 0.6) is 17.2 Å². The predicted octanol–water partition coefficient (Wildman–Crippen LogP) is 5.78. The summed E-state index contributed by atoms with van der Waals surface area (Å²) in [5.41, 5.74) is 0.617. The van der Waals surface area contributed by atoms with Crippen LogP contribution in [0.15, 0.2) is 79.9 Å². The largest absolute Gasteiger partial charge is 0.496 e. The molecule has 30 heavy (non-hydrogen) atoms. The van der Waals surface area contributed by atoms with Crippen LogP contribution in [0, 0.1) is 0 Å². The summed E-state index contributed by atoms with van der Waals surface area (Å²) in [6, 6.07) is 17.5. The van der Waals surface area contributed by atoms with Crippen molar-refractivity contribution < 1.29 is 19.3 Å². The van der Waals surface area contributed by atoms with Gasteiger partial charge in [0.05, 0.1) is 25.2 Å². The topological polar surface area (TPSA) is 47.9 Å². The number of rotatable bonds is 10. The average Bonchev–Trinajstić information content (AvgIpc) is 2.77. The van der Waals surface area contributed by atoms with Crippen molar-refractivity contribution in [3.05, 3.63) is 91.0 Å². The Labute approximate surface area is 178 Å². The summed E-state index contributed by atoms with van der Waals surface area (Å²) in [5, 5.41) is 13.0. The molecule has 0 aliphatic rings. The smallest absolute Gasteiger partial charge is 0.131 e. The Hall–Kier alpha value is -3.24. The van der Waals surface area contributed by atoms with Gasteiger partial charge in [-0.2, -0.15) is 0 Å². The fraction of sp³-hybridized carbons (Fsp3) is 0.231. The minimum absolute atomic E-state index is 0.384. The molecule has 156 valence electrons. The predicted molar refractivity (Wildman–Crippen MR) is 121 cm³/mol. The summed E-state index contributed by atoms with van der Waals surface area (Å²) in [6.45, 7) is 8.00. The lowest BCUT2D eigenvalue weighted by atomic mass is 9.85. The van der Waals surface area contributed by atoms with E-state index in [1.807, 2.05) is 54.6 Å². The summed E-state index contributed by atoms with van der Waals surface area (Å²) >= 11 is 0. The molecule has 0 bridgehead atoms. The Bertz CT molecular complexity index is 1010. The fourth-order valence-electron chi connectivity index (χ4n) is 3.65. The number of methoxy groups -OCH3 is 2. The molecule has 0 fully saturated rings. The van der Waals surface area contributed by atoms with Crippen LogP contribution in [-0.4, -0.2) is 19.3 Å². The van der Waals surface area contributed by atoms with Gasteiger partial charge in [-0.1, -0.05) is 42.5 Å². The van der Waals surface area contributed by atoms with Gasteiger partial charge in [0.1, 0.15) is 23.9 Å². The molecule has 4 heteroatoms. The maximum absolute atomic E-state index is 11.4. The summed E-state index contributed by atoms with van der Waals surface area (Å²) in [6.07, 6.45) is 4.19. The highest BCUT2D eigenvalue weighted by molar-refractivity contribution is 5.98. The third kappa shape index (κ3) is 4.34.